The molecule has 0 spiro atoms. The molecule has 2 rings (SSSR count). The summed E-state index contributed by atoms with van der Waals surface area (Å²) in [5.41, 5.74) is 2.81. The third-order valence-electron chi connectivity index (χ3n) is 4.15. The van der Waals surface area contributed by atoms with Crippen LogP contribution in [-0.2, 0) is 25.7 Å². The second-order valence-electron chi connectivity index (χ2n) is 8.06. The summed E-state index contributed by atoms with van der Waals surface area (Å²) in [5, 5.41) is 21.1. The minimum atomic E-state index is -1.25. The van der Waals surface area contributed by atoms with E-state index in [2.05, 4.69) is 5.32 Å². The van der Waals surface area contributed by atoms with Crippen molar-refractivity contribution in [2.24, 2.45) is 0 Å². The van der Waals surface area contributed by atoms with Gasteiger partial charge in [0.1, 0.15) is 5.60 Å². The van der Waals surface area contributed by atoms with E-state index in [4.69, 9.17) is 14.9 Å². The fraction of sp³-hybridized carbons (Fsp3) is 0.292. The molecule has 0 unspecified atom stereocenters. The lowest BCUT2D eigenvalue weighted by Gasteiger charge is -2.19. The third-order valence-corrected chi connectivity index (χ3v) is 4.15. The van der Waals surface area contributed by atoms with Gasteiger partial charge in [-0.1, -0.05) is 42.5 Å². The van der Waals surface area contributed by atoms with Crippen LogP contribution in [0.3, 0.4) is 0 Å². The van der Waals surface area contributed by atoms with E-state index in [0.29, 0.717) is 12.1 Å². The molecule has 0 bridgehead atoms. The predicted molar refractivity (Wildman–Crippen MR) is 117 cm³/mol. The van der Waals surface area contributed by atoms with Gasteiger partial charge >= 0.3 is 17.9 Å². The zero-order valence-corrected chi connectivity index (χ0v) is 17.8. The average Bonchev–Trinajstić information content (AvgIpc) is 2.66. The van der Waals surface area contributed by atoms with E-state index in [9.17, 15) is 14.4 Å². The molecule has 31 heavy (non-hydrogen) atoms. The van der Waals surface area contributed by atoms with Crippen molar-refractivity contribution in [2.45, 2.75) is 39.3 Å². The molecule has 7 heteroatoms. The number of nitrogens with one attached hydrogen (secondary N) is 1. The number of esters is 1. The Morgan fingerprint density at radius 1 is 1.00 bits per heavy atom. The third kappa shape index (κ3) is 8.44. The molecule has 0 radical (unpaired) electrons. The summed E-state index contributed by atoms with van der Waals surface area (Å²) < 4.78 is 5.27. The Labute approximate surface area is 181 Å². The summed E-state index contributed by atoms with van der Waals surface area (Å²) >= 11 is 0. The van der Waals surface area contributed by atoms with Crippen molar-refractivity contribution in [2.75, 3.05) is 6.54 Å². The predicted octanol–water partition coefficient (Wildman–Crippen LogP) is 3.73. The minimum Gasteiger partial charge on any atom is -0.481 e. The maximum atomic E-state index is 11.8. The molecule has 0 aromatic heterocycles. The van der Waals surface area contributed by atoms with Crippen molar-refractivity contribution in [3.05, 3.63) is 65.2 Å². The van der Waals surface area contributed by atoms with Crippen molar-refractivity contribution in [3.8, 4) is 11.1 Å². The number of aliphatic carboxylic acids is 2. The molecular formula is C24H27NO6. The first-order valence-corrected chi connectivity index (χ1v) is 9.81. The van der Waals surface area contributed by atoms with Gasteiger partial charge < -0.3 is 20.3 Å². The highest BCUT2D eigenvalue weighted by atomic mass is 16.6. The highest BCUT2D eigenvalue weighted by Crippen LogP contribution is 2.22. The van der Waals surface area contributed by atoms with E-state index in [1.165, 1.54) is 6.08 Å². The molecule has 2 aromatic rings. The number of hydrogen-bond acceptors (Lipinski definition) is 5. The number of carbonyl (C=O) groups excluding carboxylic acids is 1. The summed E-state index contributed by atoms with van der Waals surface area (Å²) in [7, 11) is 0. The number of carbonyl (C=O) groups is 3. The summed E-state index contributed by atoms with van der Waals surface area (Å²) in [4.78, 5) is 33.8. The topological polar surface area (TPSA) is 113 Å². The largest absolute Gasteiger partial charge is 0.481 e. The first-order valence-electron chi connectivity index (χ1n) is 9.81. The lowest BCUT2D eigenvalue weighted by molar-refractivity contribution is -0.153. The smallest absolute Gasteiger partial charge is 0.332 e. The highest BCUT2D eigenvalue weighted by Gasteiger charge is 2.15. The van der Waals surface area contributed by atoms with Gasteiger partial charge in [0.15, 0.2) is 0 Å². The van der Waals surface area contributed by atoms with Crippen LogP contribution in [0.1, 0.15) is 38.3 Å². The van der Waals surface area contributed by atoms with Gasteiger partial charge in [-0.2, -0.15) is 0 Å². The van der Waals surface area contributed by atoms with Crippen LogP contribution in [-0.4, -0.2) is 40.3 Å². The normalized spacial score (nSPS) is 11.8. The van der Waals surface area contributed by atoms with Crippen LogP contribution in [0.4, 0.5) is 0 Å². The Morgan fingerprint density at radius 3 is 2.26 bits per heavy atom. The molecule has 0 heterocycles. The van der Waals surface area contributed by atoms with Gasteiger partial charge in [0.05, 0.1) is 13.0 Å². The van der Waals surface area contributed by atoms with E-state index in [-0.39, 0.29) is 18.1 Å². The van der Waals surface area contributed by atoms with Gasteiger partial charge in [-0.3, -0.25) is 9.59 Å². The number of carboxylic acid groups (broad SMARTS) is 2. The van der Waals surface area contributed by atoms with E-state index in [1.807, 2.05) is 57.2 Å². The monoisotopic (exact) mass is 425 g/mol. The number of hydrogen-bond donors (Lipinski definition) is 3. The van der Waals surface area contributed by atoms with Gasteiger partial charge in [0.25, 0.3) is 0 Å². The van der Waals surface area contributed by atoms with Crippen molar-refractivity contribution >= 4 is 24.0 Å². The molecule has 0 atom stereocenters. The van der Waals surface area contributed by atoms with E-state index >= 15 is 0 Å². The van der Waals surface area contributed by atoms with Crippen LogP contribution >= 0.6 is 0 Å². The Kier molecular flexibility index (Phi) is 8.10. The maximum Gasteiger partial charge on any atom is 0.332 e. The zero-order valence-electron chi connectivity index (χ0n) is 17.8. The molecule has 2 aromatic carbocycles. The molecule has 7 nitrogen and oxygen atoms in total. The molecule has 3 N–H and O–H groups in total. The van der Waals surface area contributed by atoms with Crippen molar-refractivity contribution in [1.29, 1.82) is 0 Å². The van der Waals surface area contributed by atoms with Crippen molar-refractivity contribution < 1.29 is 29.3 Å². The molecule has 0 aliphatic carbocycles. The van der Waals surface area contributed by atoms with Gasteiger partial charge in [0, 0.05) is 12.1 Å². The molecule has 0 saturated heterocycles. The van der Waals surface area contributed by atoms with Gasteiger partial charge in [-0.25, -0.2) is 4.79 Å². The van der Waals surface area contributed by atoms with Crippen LogP contribution in [0.15, 0.2) is 54.1 Å². The first-order chi connectivity index (χ1) is 14.5. The van der Waals surface area contributed by atoms with E-state index in [0.717, 1.165) is 16.7 Å². The second-order valence-corrected chi connectivity index (χ2v) is 8.06. The molecule has 164 valence electrons. The number of benzene rings is 2. The Bertz CT molecular complexity index is 970. The van der Waals surface area contributed by atoms with Crippen LogP contribution in [0, 0.1) is 0 Å². The van der Waals surface area contributed by atoms with E-state index in [1.54, 1.807) is 12.1 Å². The fourth-order valence-corrected chi connectivity index (χ4v) is 2.87. The Morgan fingerprint density at radius 2 is 1.68 bits per heavy atom. The molecular weight excluding hydrogens is 398 g/mol. The minimum absolute atomic E-state index is 0.116. The van der Waals surface area contributed by atoms with Crippen LogP contribution in [0.2, 0.25) is 0 Å². The Hall–Kier alpha value is -3.45. The van der Waals surface area contributed by atoms with Crippen LogP contribution < -0.4 is 5.32 Å². The lowest BCUT2D eigenvalue weighted by atomic mass is 10.0. The summed E-state index contributed by atoms with van der Waals surface area (Å²) in [6, 6.07) is 15.0. The second kappa shape index (κ2) is 10.5. The zero-order chi connectivity index (χ0) is 23.0. The molecule has 0 aliphatic rings. The molecule has 0 amide bonds. The summed E-state index contributed by atoms with van der Waals surface area (Å²) in [5.74, 6) is -2.75. The molecule has 0 saturated carbocycles. The number of rotatable bonds is 9. The van der Waals surface area contributed by atoms with E-state index < -0.39 is 24.0 Å². The average molecular weight is 425 g/mol. The maximum absolute atomic E-state index is 11.8. The Balaban J connectivity index is 2.05. The van der Waals surface area contributed by atoms with Crippen molar-refractivity contribution in [3.63, 3.8) is 0 Å². The van der Waals surface area contributed by atoms with Crippen LogP contribution in [0.25, 0.3) is 17.2 Å². The molecule has 0 fully saturated rings. The van der Waals surface area contributed by atoms with Gasteiger partial charge in [-0.15, -0.1) is 0 Å². The lowest BCUT2D eigenvalue weighted by Crippen LogP contribution is -2.31. The quantitative estimate of drug-likeness (QED) is 0.414. The molecule has 0 aliphatic heterocycles. The van der Waals surface area contributed by atoms with Gasteiger partial charge in [0.2, 0.25) is 0 Å². The SMILES string of the molecule is CC(C)(C)OC(=O)CNCc1cccc(-c2ccc(C=C(CC(=O)O)C(=O)O)cc2)c1. The fourth-order valence-electron chi connectivity index (χ4n) is 2.87. The highest BCUT2D eigenvalue weighted by molar-refractivity contribution is 5.96. The summed E-state index contributed by atoms with van der Waals surface area (Å²) in [6.45, 7) is 6.09. The standard InChI is InChI=1S/C24H27NO6/c1-24(2,3)31-22(28)15-25-14-17-5-4-6-19(12-17)18-9-7-16(8-10-18)11-20(23(29)30)13-21(26)27/h4-12,25H,13-15H2,1-3H3,(H,26,27)(H,29,30). The van der Waals surface area contributed by atoms with Gasteiger partial charge in [-0.05, 0) is 55.2 Å². The summed E-state index contributed by atoms with van der Waals surface area (Å²) in [6.07, 6.45) is 0.812. The number of ether oxygens (including phenoxy) is 1. The van der Waals surface area contributed by atoms with Crippen molar-refractivity contribution in [1.82, 2.24) is 5.32 Å². The van der Waals surface area contributed by atoms with Crippen LogP contribution in [0.5, 0.6) is 0 Å². The first kappa shape index (κ1) is 23.8. The number of carboxylic acids is 2.